The van der Waals surface area contributed by atoms with Gasteiger partial charge in [-0.1, -0.05) is 60.7 Å². The van der Waals surface area contributed by atoms with Gasteiger partial charge in [-0.2, -0.15) is 0 Å². The van der Waals surface area contributed by atoms with Crippen LogP contribution in [0.25, 0.3) is 22.6 Å². The molecule has 1 N–H and O–H groups in total. The lowest BCUT2D eigenvalue weighted by atomic mass is 10.1. The Morgan fingerprint density at radius 2 is 1.55 bits per heavy atom. The molecule has 4 heteroatoms. The summed E-state index contributed by atoms with van der Waals surface area (Å²) in [5.74, 6) is -0.283. The normalized spacial score (nSPS) is 10.6. The summed E-state index contributed by atoms with van der Waals surface area (Å²) in [5.41, 5.74) is 2.46. The summed E-state index contributed by atoms with van der Waals surface area (Å²) in [6.07, 6.45) is 0. The fraction of sp³-hybridized carbons (Fsp3) is 0.111. The Morgan fingerprint density at radius 3 is 2.05 bits per heavy atom. The van der Waals surface area contributed by atoms with Crippen LogP contribution in [0.1, 0.15) is 17.4 Å². The molecule has 22 heavy (non-hydrogen) atoms. The Labute approximate surface area is 128 Å². The van der Waals surface area contributed by atoms with Crippen molar-refractivity contribution in [3.8, 4) is 22.6 Å². The topological polar surface area (TPSA) is 55.1 Å². The van der Waals surface area contributed by atoms with Crippen molar-refractivity contribution in [3.05, 3.63) is 66.4 Å². The zero-order chi connectivity index (χ0) is 15.5. The number of carbonyl (C=O) groups is 1. The predicted molar refractivity (Wildman–Crippen MR) is 85.7 cm³/mol. The molecule has 0 atom stereocenters. The summed E-state index contributed by atoms with van der Waals surface area (Å²) in [7, 11) is 0. The van der Waals surface area contributed by atoms with Crippen molar-refractivity contribution in [1.29, 1.82) is 0 Å². The van der Waals surface area contributed by atoms with Crippen LogP contribution in [0.4, 0.5) is 0 Å². The fourth-order valence-corrected chi connectivity index (χ4v) is 2.58. The Morgan fingerprint density at radius 1 is 1.00 bits per heavy atom. The van der Waals surface area contributed by atoms with E-state index in [-0.39, 0.29) is 5.69 Å². The number of hydrogen-bond acceptors (Lipinski definition) is 2. The first-order valence-electron chi connectivity index (χ1n) is 7.17. The Balaban J connectivity index is 2.27. The summed E-state index contributed by atoms with van der Waals surface area (Å²) >= 11 is 0. The molecule has 0 saturated heterocycles. The number of aromatic nitrogens is 2. The van der Waals surface area contributed by atoms with E-state index in [2.05, 4.69) is 4.98 Å². The first kappa shape index (κ1) is 14.1. The van der Waals surface area contributed by atoms with Crippen molar-refractivity contribution < 1.29 is 9.90 Å². The van der Waals surface area contributed by atoms with Gasteiger partial charge >= 0.3 is 5.97 Å². The average Bonchev–Trinajstić information content (AvgIpc) is 2.96. The lowest BCUT2D eigenvalue weighted by molar-refractivity contribution is 0.0686. The third-order valence-electron chi connectivity index (χ3n) is 3.57. The molecule has 0 aliphatic heterocycles. The number of carboxylic acid groups (broad SMARTS) is 1. The lowest BCUT2D eigenvalue weighted by Crippen LogP contribution is -2.09. The first-order chi connectivity index (χ1) is 10.7. The van der Waals surface area contributed by atoms with Crippen LogP contribution in [0.15, 0.2) is 60.7 Å². The van der Waals surface area contributed by atoms with Gasteiger partial charge in [0, 0.05) is 17.7 Å². The van der Waals surface area contributed by atoms with Crippen LogP contribution in [0.2, 0.25) is 0 Å². The molecule has 0 unspecified atom stereocenters. The highest BCUT2D eigenvalue weighted by molar-refractivity contribution is 5.94. The molecule has 0 fully saturated rings. The molecule has 0 radical (unpaired) electrons. The van der Waals surface area contributed by atoms with Crippen molar-refractivity contribution >= 4 is 5.97 Å². The molecule has 2 aromatic carbocycles. The van der Waals surface area contributed by atoms with Crippen LogP contribution in [0.3, 0.4) is 0 Å². The molecule has 4 nitrogen and oxygen atoms in total. The smallest absolute Gasteiger partial charge is 0.354 e. The zero-order valence-corrected chi connectivity index (χ0v) is 12.2. The standard InChI is InChI=1S/C18H16N2O2/c1-2-20-16(18(21)22)15(13-9-5-3-6-10-13)19-17(20)14-11-7-4-8-12-14/h3-12H,2H2,1H3,(H,21,22). The molecule has 0 spiro atoms. The summed E-state index contributed by atoms with van der Waals surface area (Å²) in [6, 6.07) is 19.1. The van der Waals surface area contributed by atoms with E-state index in [1.54, 1.807) is 4.57 Å². The van der Waals surface area contributed by atoms with Gasteiger partial charge < -0.3 is 9.67 Å². The molecule has 1 heterocycles. The quantitative estimate of drug-likeness (QED) is 0.792. The Bertz CT molecular complexity index is 793. The average molecular weight is 292 g/mol. The maximum atomic E-state index is 11.8. The molecule has 0 saturated carbocycles. The minimum atomic E-state index is -0.963. The van der Waals surface area contributed by atoms with E-state index < -0.39 is 5.97 Å². The number of hydrogen-bond donors (Lipinski definition) is 1. The Hall–Kier alpha value is -2.88. The van der Waals surface area contributed by atoms with Gasteiger partial charge in [-0.25, -0.2) is 9.78 Å². The molecule has 0 amide bonds. The maximum Gasteiger partial charge on any atom is 0.354 e. The summed E-state index contributed by atoms with van der Waals surface area (Å²) < 4.78 is 1.75. The second-order valence-corrected chi connectivity index (χ2v) is 4.91. The van der Waals surface area contributed by atoms with Gasteiger partial charge in [-0.15, -0.1) is 0 Å². The number of rotatable bonds is 4. The number of carboxylic acids is 1. The molecule has 3 rings (SSSR count). The van der Waals surface area contributed by atoms with Crippen molar-refractivity contribution in [2.24, 2.45) is 0 Å². The van der Waals surface area contributed by atoms with Crippen molar-refractivity contribution in [2.75, 3.05) is 0 Å². The second-order valence-electron chi connectivity index (χ2n) is 4.91. The number of imidazole rings is 1. The van der Waals surface area contributed by atoms with Gasteiger partial charge in [-0.05, 0) is 6.92 Å². The van der Waals surface area contributed by atoms with E-state index in [0.29, 0.717) is 18.1 Å². The van der Waals surface area contributed by atoms with E-state index in [9.17, 15) is 9.90 Å². The highest BCUT2D eigenvalue weighted by Crippen LogP contribution is 2.29. The van der Waals surface area contributed by atoms with Crippen LogP contribution < -0.4 is 0 Å². The van der Waals surface area contributed by atoms with Crippen LogP contribution in [-0.4, -0.2) is 20.6 Å². The maximum absolute atomic E-state index is 11.8. The minimum Gasteiger partial charge on any atom is -0.477 e. The third-order valence-corrected chi connectivity index (χ3v) is 3.57. The molecule has 1 aromatic heterocycles. The molecular formula is C18H16N2O2. The fourth-order valence-electron chi connectivity index (χ4n) is 2.58. The Kier molecular flexibility index (Phi) is 3.74. The van der Waals surface area contributed by atoms with Crippen LogP contribution >= 0.6 is 0 Å². The summed E-state index contributed by atoms with van der Waals surface area (Å²) in [6.45, 7) is 2.47. The van der Waals surface area contributed by atoms with Crippen molar-refractivity contribution in [3.63, 3.8) is 0 Å². The van der Waals surface area contributed by atoms with Gasteiger partial charge in [0.2, 0.25) is 0 Å². The molecule has 0 aliphatic carbocycles. The second kappa shape index (κ2) is 5.85. The van der Waals surface area contributed by atoms with Gasteiger partial charge in [0.05, 0.1) is 0 Å². The number of benzene rings is 2. The van der Waals surface area contributed by atoms with E-state index in [0.717, 1.165) is 11.1 Å². The van der Waals surface area contributed by atoms with Crippen LogP contribution in [0, 0.1) is 0 Å². The molecular weight excluding hydrogens is 276 g/mol. The van der Waals surface area contributed by atoms with E-state index in [1.165, 1.54) is 0 Å². The van der Waals surface area contributed by atoms with Crippen LogP contribution in [0.5, 0.6) is 0 Å². The lowest BCUT2D eigenvalue weighted by Gasteiger charge is -2.07. The van der Waals surface area contributed by atoms with Gasteiger partial charge in [0.1, 0.15) is 11.5 Å². The van der Waals surface area contributed by atoms with E-state index in [1.807, 2.05) is 67.6 Å². The largest absolute Gasteiger partial charge is 0.477 e. The monoisotopic (exact) mass is 292 g/mol. The minimum absolute atomic E-state index is 0.229. The summed E-state index contributed by atoms with van der Waals surface area (Å²) in [5, 5.41) is 9.64. The third kappa shape index (κ3) is 2.39. The number of nitrogens with zero attached hydrogens (tertiary/aromatic N) is 2. The highest BCUT2D eigenvalue weighted by atomic mass is 16.4. The predicted octanol–water partition coefficient (Wildman–Crippen LogP) is 3.94. The SMILES string of the molecule is CCn1c(-c2ccccc2)nc(-c2ccccc2)c1C(=O)O. The molecule has 3 aromatic rings. The van der Waals surface area contributed by atoms with Gasteiger partial charge in [0.25, 0.3) is 0 Å². The van der Waals surface area contributed by atoms with Gasteiger partial charge in [0.15, 0.2) is 5.69 Å². The van der Waals surface area contributed by atoms with Crippen LogP contribution in [-0.2, 0) is 6.54 Å². The molecule has 110 valence electrons. The highest BCUT2D eigenvalue weighted by Gasteiger charge is 2.23. The van der Waals surface area contributed by atoms with E-state index in [4.69, 9.17) is 0 Å². The first-order valence-corrected chi connectivity index (χ1v) is 7.17. The molecule has 0 bridgehead atoms. The summed E-state index contributed by atoms with van der Waals surface area (Å²) in [4.78, 5) is 16.4. The molecule has 0 aliphatic rings. The van der Waals surface area contributed by atoms with Crippen molar-refractivity contribution in [1.82, 2.24) is 9.55 Å². The zero-order valence-electron chi connectivity index (χ0n) is 12.2. The van der Waals surface area contributed by atoms with Gasteiger partial charge in [-0.3, -0.25) is 0 Å². The number of aromatic carboxylic acids is 1. The van der Waals surface area contributed by atoms with E-state index >= 15 is 0 Å². The van der Waals surface area contributed by atoms with Crippen molar-refractivity contribution in [2.45, 2.75) is 13.5 Å².